The van der Waals surface area contributed by atoms with Crippen LogP contribution in [0.5, 0.6) is 0 Å². The highest BCUT2D eigenvalue weighted by Crippen LogP contribution is 2.23. The zero-order chi connectivity index (χ0) is 16.7. The molecule has 2 aromatic heterocycles. The van der Waals surface area contributed by atoms with Crippen molar-refractivity contribution in [3.8, 4) is 0 Å². The van der Waals surface area contributed by atoms with Crippen LogP contribution in [0.15, 0.2) is 18.5 Å². The minimum atomic E-state index is 0.104. The summed E-state index contributed by atoms with van der Waals surface area (Å²) in [4.78, 5) is 21.9. The Balaban J connectivity index is 1.55. The molecule has 2 aliphatic heterocycles. The monoisotopic (exact) mass is 327 g/mol. The number of amides is 1. The highest BCUT2D eigenvalue weighted by Gasteiger charge is 2.31. The predicted molar refractivity (Wildman–Crippen MR) is 93.0 cm³/mol. The van der Waals surface area contributed by atoms with Crippen molar-refractivity contribution >= 4 is 16.9 Å². The summed E-state index contributed by atoms with van der Waals surface area (Å²) in [5.74, 6) is 0.104. The standard InChI is InChI=1S/C18H25N5O/c1-13(2)23-17-14(11-20-23)9-15(10-19-17)18(24)22-8-7-21-6-4-3-5-16(21)12-22/h9-11,13,16H,3-8,12H2,1-2H3. The van der Waals surface area contributed by atoms with Crippen molar-refractivity contribution < 1.29 is 4.79 Å². The lowest BCUT2D eigenvalue weighted by molar-refractivity contribution is 0.0372. The van der Waals surface area contributed by atoms with Crippen LogP contribution in [0.2, 0.25) is 0 Å². The van der Waals surface area contributed by atoms with Gasteiger partial charge in [0.05, 0.1) is 11.8 Å². The molecule has 0 bridgehead atoms. The predicted octanol–water partition coefficient (Wildman–Crippen LogP) is 2.32. The number of piperidine rings is 1. The van der Waals surface area contributed by atoms with Gasteiger partial charge >= 0.3 is 0 Å². The van der Waals surface area contributed by atoms with Crippen molar-refractivity contribution in [3.05, 3.63) is 24.0 Å². The van der Waals surface area contributed by atoms with Gasteiger partial charge in [-0.1, -0.05) is 6.42 Å². The van der Waals surface area contributed by atoms with E-state index >= 15 is 0 Å². The van der Waals surface area contributed by atoms with Crippen molar-refractivity contribution in [2.75, 3.05) is 26.2 Å². The fraction of sp³-hybridized carbons (Fsp3) is 0.611. The lowest BCUT2D eigenvalue weighted by Crippen LogP contribution is -2.56. The lowest BCUT2D eigenvalue weighted by atomic mass is 9.99. The number of carbonyl (C=O) groups excluding carboxylic acids is 1. The van der Waals surface area contributed by atoms with Crippen LogP contribution in [0.25, 0.3) is 11.0 Å². The van der Waals surface area contributed by atoms with Crippen molar-refractivity contribution in [2.45, 2.75) is 45.2 Å². The number of hydrogen-bond donors (Lipinski definition) is 0. The summed E-state index contributed by atoms with van der Waals surface area (Å²) >= 11 is 0. The van der Waals surface area contributed by atoms with Crippen LogP contribution in [-0.4, -0.2) is 62.7 Å². The Hall–Kier alpha value is -1.95. The molecule has 2 saturated heterocycles. The molecule has 0 N–H and O–H groups in total. The summed E-state index contributed by atoms with van der Waals surface area (Å²) in [6, 6.07) is 2.73. The molecule has 2 aromatic rings. The molecule has 0 radical (unpaired) electrons. The van der Waals surface area contributed by atoms with E-state index in [-0.39, 0.29) is 11.9 Å². The van der Waals surface area contributed by atoms with E-state index in [9.17, 15) is 4.79 Å². The van der Waals surface area contributed by atoms with Crippen LogP contribution in [-0.2, 0) is 0 Å². The number of fused-ring (bicyclic) bond motifs is 2. The second kappa shape index (κ2) is 6.16. The van der Waals surface area contributed by atoms with Gasteiger partial charge in [0, 0.05) is 43.3 Å². The van der Waals surface area contributed by atoms with Gasteiger partial charge < -0.3 is 4.90 Å². The van der Waals surface area contributed by atoms with Crippen molar-refractivity contribution in [1.82, 2.24) is 24.6 Å². The molecule has 1 unspecified atom stereocenters. The third-order valence-electron chi connectivity index (χ3n) is 5.29. The molecule has 2 aliphatic rings. The average Bonchev–Trinajstić information content (AvgIpc) is 3.04. The van der Waals surface area contributed by atoms with Gasteiger partial charge in [0.2, 0.25) is 0 Å². The fourth-order valence-electron chi connectivity index (χ4n) is 3.96. The topological polar surface area (TPSA) is 54.3 Å². The molecular weight excluding hydrogens is 302 g/mol. The third-order valence-corrected chi connectivity index (χ3v) is 5.29. The summed E-state index contributed by atoms with van der Waals surface area (Å²) in [5, 5.41) is 5.32. The SMILES string of the molecule is CC(C)n1ncc2cc(C(=O)N3CCN4CCCCC4C3)cnc21. The first kappa shape index (κ1) is 15.6. The van der Waals surface area contributed by atoms with Gasteiger partial charge in [0.1, 0.15) is 0 Å². The summed E-state index contributed by atoms with van der Waals surface area (Å²) in [6.45, 7) is 8.01. The fourth-order valence-corrected chi connectivity index (χ4v) is 3.96. The highest BCUT2D eigenvalue weighted by atomic mass is 16.2. The smallest absolute Gasteiger partial charge is 0.255 e. The Morgan fingerprint density at radius 3 is 2.92 bits per heavy atom. The normalized spacial score (nSPS) is 22.1. The van der Waals surface area contributed by atoms with E-state index in [1.54, 1.807) is 12.4 Å². The third kappa shape index (κ3) is 2.69. The first-order valence-corrected chi connectivity index (χ1v) is 9.00. The molecule has 6 heteroatoms. The number of pyridine rings is 1. The molecule has 0 spiro atoms. The Bertz CT molecular complexity index is 753. The molecule has 4 rings (SSSR count). The van der Waals surface area contributed by atoms with Crippen LogP contribution < -0.4 is 0 Å². The molecule has 4 heterocycles. The second-order valence-corrected chi connectivity index (χ2v) is 7.26. The molecule has 2 fully saturated rings. The van der Waals surface area contributed by atoms with Gasteiger partial charge in [0.25, 0.3) is 5.91 Å². The number of rotatable bonds is 2. The Morgan fingerprint density at radius 2 is 2.08 bits per heavy atom. The van der Waals surface area contributed by atoms with Crippen molar-refractivity contribution in [3.63, 3.8) is 0 Å². The van der Waals surface area contributed by atoms with Crippen molar-refractivity contribution in [1.29, 1.82) is 0 Å². The summed E-state index contributed by atoms with van der Waals surface area (Å²) in [6.07, 6.45) is 7.30. The first-order valence-electron chi connectivity index (χ1n) is 9.00. The highest BCUT2D eigenvalue weighted by molar-refractivity contribution is 5.97. The number of carbonyl (C=O) groups is 1. The van der Waals surface area contributed by atoms with Gasteiger partial charge in [-0.05, 0) is 39.3 Å². The van der Waals surface area contributed by atoms with E-state index in [2.05, 4.69) is 28.8 Å². The van der Waals surface area contributed by atoms with E-state index in [0.29, 0.717) is 11.6 Å². The van der Waals surface area contributed by atoms with E-state index in [1.165, 1.54) is 25.8 Å². The Morgan fingerprint density at radius 1 is 1.21 bits per heavy atom. The number of hydrogen-bond acceptors (Lipinski definition) is 4. The van der Waals surface area contributed by atoms with Crippen LogP contribution in [0, 0.1) is 0 Å². The molecular formula is C18H25N5O. The number of nitrogens with zero attached hydrogens (tertiary/aromatic N) is 5. The van der Waals surface area contributed by atoms with E-state index in [1.807, 2.05) is 15.6 Å². The average molecular weight is 327 g/mol. The largest absolute Gasteiger partial charge is 0.336 e. The van der Waals surface area contributed by atoms with Crippen molar-refractivity contribution in [2.24, 2.45) is 0 Å². The molecule has 128 valence electrons. The van der Waals surface area contributed by atoms with E-state index in [0.717, 1.165) is 30.7 Å². The van der Waals surface area contributed by atoms with Gasteiger partial charge in [-0.3, -0.25) is 9.69 Å². The summed E-state index contributed by atoms with van der Waals surface area (Å²) in [5.41, 5.74) is 1.52. The zero-order valence-electron chi connectivity index (χ0n) is 14.5. The number of piperazine rings is 1. The maximum atomic E-state index is 12.9. The summed E-state index contributed by atoms with van der Waals surface area (Å²) in [7, 11) is 0. The van der Waals surface area contributed by atoms with Crippen LogP contribution in [0.1, 0.15) is 49.5 Å². The molecule has 0 aromatic carbocycles. The van der Waals surface area contributed by atoms with Gasteiger partial charge in [-0.25, -0.2) is 9.67 Å². The maximum Gasteiger partial charge on any atom is 0.255 e. The molecule has 24 heavy (non-hydrogen) atoms. The maximum absolute atomic E-state index is 12.9. The van der Waals surface area contributed by atoms with E-state index in [4.69, 9.17) is 0 Å². The lowest BCUT2D eigenvalue weighted by Gasteiger charge is -2.44. The second-order valence-electron chi connectivity index (χ2n) is 7.26. The van der Waals surface area contributed by atoms with Gasteiger partial charge in [-0.15, -0.1) is 0 Å². The van der Waals surface area contributed by atoms with Gasteiger partial charge in [0.15, 0.2) is 5.65 Å². The molecule has 6 nitrogen and oxygen atoms in total. The Kier molecular flexibility index (Phi) is 4.00. The number of aromatic nitrogens is 3. The molecule has 1 atom stereocenters. The minimum Gasteiger partial charge on any atom is -0.336 e. The van der Waals surface area contributed by atoms with Crippen LogP contribution in [0.3, 0.4) is 0 Å². The molecule has 1 amide bonds. The van der Waals surface area contributed by atoms with Gasteiger partial charge in [-0.2, -0.15) is 5.10 Å². The van der Waals surface area contributed by atoms with E-state index < -0.39 is 0 Å². The zero-order valence-corrected chi connectivity index (χ0v) is 14.5. The molecule has 0 aliphatic carbocycles. The van der Waals surface area contributed by atoms with Crippen LogP contribution in [0.4, 0.5) is 0 Å². The minimum absolute atomic E-state index is 0.104. The van der Waals surface area contributed by atoms with Crippen LogP contribution >= 0.6 is 0 Å². The molecule has 0 saturated carbocycles. The Labute approximate surface area is 142 Å². The quantitative estimate of drug-likeness (QED) is 0.849. The summed E-state index contributed by atoms with van der Waals surface area (Å²) < 4.78 is 1.89. The first-order chi connectivity index (χ1) is 11.6.